The first-order valence-corrected chi connectivity index (χ1v) is 13.0. The minimum atomic E-state index is -5.03. The molecule has 3 aliphatic rings. The van der Waals surface area contributed by atoms with Crippen molar-refractivity contribution in [3.63, 3.8) is 0 Å². The van der Waals surface area contributed by atoms with Crippen LogP contribution < -0.4 is 5.32 Å². The second-order valence-electron chi connectivity index (χ2n) is 10.7. The van der Waals surface area contributed by atoms with E-state index in [1.165, 1.54) is 14.2 Å². The highest BCUT2D eigenvalue weighted by molar-refractivity contribution is 6.30. The Labute approximate surface area is 224 Å². The number of aromatic nitrogens is 2. The van der Waals surface area contributed by atoms with E-state index in [1.807, 2.05) is 57.7 Å². The number of alkyl halides is 3. The van der Waals surface area contributed by atoms with E-state index in [0.29, 0.717) is 12.1 Å². The molecule has 204 valence electrons. The summed E-state index contributed by atoms with van der Waals surface area (Å²) in [7, 11) is 2.60. The molecule has 1 N–H and O–H groups in total. The molecule has 0 spiro atoms. The lowest BCUT2D eigenvalue weighted by atomic mass is 9.97. The first kappa shape index (κ1) is 23.8. The Morgan fingerprint density at radius 1 is 1.02 bits per heavy atom. The van der Waals surface area contributed by atoms with Crippen LogP contribution in [0.3, 0.4) is 0 Å². The van der Waals surface area contributed by atoms with Crippen molar-refractivity contribution in [1.29, 1.82) is 0 Å². The molecule has 1 fully saturated rings. The third-order valence-corrected chi connectivity index (χ3v) is 8.83. The molecule has 3 aliphatic heterocycles. The summed E-state index contributed by atoms with van der Waals surface area (Å²) < 4.78 is 57.4. The Morgan fingerprint density at radius 2 is 1.65 bits per heavy atom. The molecule has 5 aromatic rings. The molecule has 11 heteroatoms. The summed E-state index contributed by atoms with van der Waals surface area (Å²) in [6.07, 6.45) is -7.44. The molecule has 2 bridgehead atoms. The van der Waals surface area contributed by atoms with Crippen LogP contribution in [0.1, 0.15) is 34.8 Å². The van der Waals surface area contributed by atoms with Gasteiger partial charge in [0.1, 0.15) is 12.3 Å². The van der Waals surface area contributed by atoms with Gasteiger partial charge in [-0.2, -0.15) is 13.2 Å². The lowest BCUT2D eigenvalue weighted by Crippen LogP contribution is -2.56. The molecule has 3 aromatic carbocycles. The quantitative estimate of drug-likeness (QED) is 0.338. The maximum atomic E-state index is 13.6. The van der Waals surface area contributed by atoms with Gasteiger partial charge in [0.25, 0.3) is 5.91 Å². The third kappa shape index (κ3) is 2.78. The number of benzene rings is 3. The first-order chi connectivity index (χ1) is 19.2. The van der Waals surface area contributed by atoms with E-state index in [9.17, 15) is 22.8 Å². The number of amides is 2. The Hall–Kier alpha value is -4.09. The number of carbonyl (C=O) groups is 2. The molecule has 5 heterocycles. The van der Waals surface area contributed by atoms with E-state index in [-0.39, 0.29) is 12.3 Å². The zero-order valence-electron chi connectivity index (χ0n) is 21.5. The molecule has 8 rings (SSSR count). The summed E-state index contributed by atoms with van der Waals surface area (Å²) in [5, 5.41) is 6.47. The fourth-order valence-corrected chi connectivity index (χ4v) is 7.28. The summed E-state index contributed by atoms with van der Waals surface area (Å²) in [5.74, 6) is -2.09. The summed E-state index contributed by atoms with van der Waals surface area (Å²) in [6, 6.07) is 14.5. The number of hydrogen-bond acceptors (Lipinski definition) is 4. The van der Waals surface area contributed by atoms with Crippen molar-refractivity contribution in [2.24, 2.45) is 0 Å². The number of rotatable bonds is 2. The number of ether oxygens (including phenoxy) is 2. The highest BCUT2D eigenvalue weighted by Crippen LogP contribution is 2.52. The molecule has 4 atom stereocenters. The monoisotopic (exact) mass is 548 g/mol. The van der Waals surface area contributed by atoms with Crippen LogP contribution in [0.4, 0.5) is 13.2 Å². The van der Waals surface area contributed by atoms with E-state index in [0.717, 1.165) is 54.1 Å². The predicted molar refractivity (Wildman–Crippen MR) is 141 cm³/mol. The number of halogens is 3. The van der Waals surface area contributed by atoms with E-state index in [1.54, 1.807) is 0 Å². The normalized spacial score (nSPS) is 23.8. The van der Waals surface area contributed by atoms with Gasteiger partial charge in [0, 0.05) is 48.7 Å². The summed E-state index contributed by atoms with van der Waals surface area (Å²) in [6.45, 7) is 0.363. The van der Waals surface area contributed by atoms with Crippen LogP contribution in [0, 0.1) is 0 Å². The molecular weight excluding hydrogens is 525 g/mol. The Kier molecular flexibility index (Phi) is 4.61. The minimum Gasteiger partial charge on any atom is -0.375 e. The average Bonchev–Trinajstić information content (AvgIpc) is 3.58. The van der Waals surface area contributed by atoms with Gasteiger partial charge in [-0.1, -0.05) is 36.4 Å². The van der Waals surface area contributed by atoms with Gasteiger partial charge in [-0.25, -0.2) is 0 Å². The number of nitrogens with one attached hydrogen (secondary N) is 1. The number of para-hydroxylation sites is 2. The van der Waals surface area contributed by atoms with Crippen molar-refractivity contribution in [3.05, 3.63) is 59.7 Å². The van der Waals surface area contributed by atoms with Crippen LogP contribution in [0.25, 0.3) is 43.6 Å². The van der Waals surface area contributed by atoms with Crippen molar-refractivity contribution in [2.75, 3.05) is 14.2 Å². The van der Waals surface area contributed by atoms with Crippen LogP contribution in [0.5, 0.6) is 0 Å². The molecule has 40 heavy (non-hydrogen) atoms. The van der Waals surface area contributed by atoms with Gasteiger partial charge in [-0.05, 0) is 17.7 Å². The van der Waals surface area contributed by atoms with Crippen LogP contribution in [-0.2, 0) is 20.8 Å². The topological polar surface area (TPSA) is 77.7 Å². The maximum Gasteiger partial charge on any atom is 0.471 e. The Bertz CT molecular complexity index is 1940. The number of fused-ring (bicyclic) bond motifs is 13. The van der Waals surface area contributed by atoms with Crippen molar-refractivity contribution >= 4 is 55.4 Å². The molecule has 0 radical (unpaired) electrons. The predicted octanol–water partition coefficient (Wildman–Crippen LogP) is 4.98. The second-order valence-corrected chi connectivity index (χ2v) is 10.7. The third-order valence-electron chi connectivity index (χ3n) is 8.83. The van der Waals surface area contributed by atoms with Gasteiger partial charge < -0.3 is 28.8 Å². The Balaban J connectivity index is 1.54. The summed E-state index contributed by atoms with van der Waals surface area (Å²) in [4.78, 5) is 26.5. The van der Waals surface area contributed by atoms with Gasteiger partial charge in [-0.3, -0.25) is 9.59 Å². The highest BCUT2D eigenvalue weighted by Gasteiger charge is 2.51. The van der Waals surface area contributed by atoms with Gasteiger partial charge in [-0.15, -0.1) is 0 Å². The number of methoxy groups -OCH3 is 1. The molecule has 8 nitrogen and oxygen atoms in total. The van der Waals surface area contributed by atoms with E-state index >= 15 is 0 Å². The number of carbonyl (C=O) groups excluding carboxylic acids is 2. The van der Waals surface area contributed by atoms with Crippen LogP contribution in [-0.4, -0.2) is 58.3 Å². The summed E-state index contributed by atoms with van der Waals surface area (Å²) in [5.41, 5.74) is 4.73. The van der Waals surface area contributed by atoms with E-state index in [2.05, 4.69) is 5.32 Å². The fourth-order valence-electron chi connectivity index (χ4n) is 7.28. The van der Waals surface area contributed by atoms with Crippen LogP contribution in [0.15, 0.2) is 48.5 Å². The smallest absolute Gasteiger partial charge is 0.375 e. The number of likely N-dealkylation sites (N-methyl/N-ethyl adjacent to an activating group) is 1. The van der Waals surface area contributed by atoms with Gasteiger partial charge in [0.15, 0.2) is 6.23 Å². The van der Waals surface area contributed by atoms with E-state index < -0.39 is 36.7 Å². The second kappa shape index (κ2) is 7.76. The van der Waals surface area contributed by atoms with Crippen molar-refractivity contribution in [3.8, 4) is 0 Å². The maximum absolute atomic E-state index is 13.6. The van der Waals surface area contributed by atoms with Crippen molar-refractivity contribution in [2.45, 2.75) is 43.7 Å². The molecule has 1 saturated heterocycles. The van der Waals surface area contributed by atoms with Crippen LogP contribution in [0.2, 0.25) is 0 Å². The standard InChI is InChI=1S/C29H23F3N4O4/c1-34(28(38)29(30,31)32)18-11-19-35-16-9-5-4-8-14(16)21-22-15(12-33-26(22)37)20-13-7-3-6-10-17(13)36(23(20)24(21)35)27(40-19)25(18)39-2/h3-10,18-19,25,27H,11-12H2,1-2H3,(H,33,37). The van der Waals surface area contributed by atoms with Gasteiger partial charge in [0.2, 0.25) is 0 Å². The van der Waals surface area contributed by atoms with E-state index in [4.69, 9.17) is 9.47 Å². The summed E-state index contributed by atoms with van der Waals surface area (Å²) >= 11 is 0. The minimum absolute atomic E-state index is 0.0641. The zero-order chi connectivity index (χ0) is 27.7. The number of hydrogen-bond donors (Lipinski definition) is 1. The molecule has 4 unspecified atom stereocenters. The molecule has 0 saturated carbocycles. The highest BCUT2D eigenvalue weighted by atomic mass is 19.4. The van der Waals surface area contributed by atoms with Crippen molar-refractivity contribution < 1.29 is 32.2 Å². The molecule has 2 aromatic heterocycles. The van der Waals surface area contributed by atoms with Crippen LogP contribution >= 0.6 is 0 Å². The first-order valence-electron chi connectivity index (χ1n) is 13.0. The largest absolute Gasteiger partial charge is 0.471 e. The Morgan fingerprint density at radius 3 is 2.33 bits per heavy atom. The molecule has 0 aliphatic carbocycles. The van der Waals surface area contributed by atoms with Gasteiger partial charge >= 0.3 is 12.1 Å². The zero-order valence-corrected chi connectivity index (χ0v) is 21.5. The SMILES string of the molecule is COC1C(N(C)C(=O)C(F)(F)F)CC2OC1n1c3ccccc3c3c4c(c5c6ccccc6n2c5c31)C(=O)NC4. The lowest BCUT2D eigenvalue weighted by molar-refractivity contribution is -0.220. The average molecular weight is 549 g/mol. The molecule has 2 amide bonds. The molecular formula is C29H23F3N4O4. The number of nitrogens with zero attached hydrogens (tertiary/aromatic N) is 3. The fraction of sp³-hybridized carbons (Fsp3) is 0.310. The van der Waals surface area contributed by atoms with Crippen molar-refractivity contribution in [1.82, 2.24) is 19.4 Å². The van der Waals surface area contributed by atoms with Gasteiger partial charge in [0.05, 0.1) is 33.7 Å². The lowest BCUT2D eigenvalue weighted by Gasteiger charge is -2.44.